The summed E-state index contributed by atoms with van der Waals surface area (Å²) < 4.78 is 23.6. The number of halogens is 1. The zero-order chi connectivity index (χ0) is 12.3. The average Bonchev–Trinajstić information content (AvgIpc) is 2.33. The average molecular weight is 309 g/mol. The molecule has 0 aliphatic heterocycles. The zero-order valence-electron chi connectivity index (χ0n) is 8.80. The standard InChI is InChI=1S/C13H9BrO2S/c14-12-8-6-11(7-9-12)13(17(15)16)10-4-2-1-3-5-10/h1-9H. The van der Waals surface area contributed by atoms with E-state index in [1.54, 1.807) is 24.3 Å². The van der Waals surface area contributed by atoms with Crippen molar-refractivity contribution in [3.8, 4) is 0 Å². The summed E-state index contributed by atoms with van der Waals surface area (Å²) in [5.41, 5.74) is 1.39. The molecule has 0 fully saturated rings. The molecule has 4 heteroatoms. The molecule has 86 valence electrons. The van der Waals surface area contributed by atoms with Crippen LogP contribution in [-0.2, 0) is 10.3 Å². The van der Waals surface area contributed by atoms with E-state index in [4.69, 9.17) is 0 Å². The Morgan fingerprint density at radius 1 is 0.824 bits per heavy atom. The summed E-state index contributed by atoms with van der Waals surface area (Å²) in [6, 6.07) is 16.3. The highest BCUT2D eigenvalue weighted by Gasteiger charge is 2.07. The first-order valence-corrected chi connectivity index (χ1v) is 6.83. The van der Waals surface area contributed by atoms with Gasteiger partial charge in [-0.05, 0) is 23.3 Å². The van der Waals surface area contributed by atoms with Gasteiger partial charge in [0.25, 0.3) is 0 Å². The van der Waals surface area contributed by atoms with Crippen molar-refractivity contribution >= 4 is 31.1 Å². The lowest BCUT2D eigenvalue weighted by atomic mass is 10.1. The summed E-state index contributed by atoms with van der Waals surface area (Å²) >= 11 is 3.32. The Balaban J connectivity index is 2.61. The molecular formula is C13H9BrO2S. The molecule has 2 rings (SSSR count). The molecule has 0 amide bonds. The second kappa shape index (κ2) is 5.29. The van der Waals surface area contributed by atoms with E-state index in [1.807, 2.05) is 30.3 Å². The van der Waals surface area contributed by atoms with Gasteiger partial charge < -0.3 is 0 Å². The summed E-state index contributed by atoms with van der Waals surface area (Å²) in [5.74, 6) is 0. The van der Waals surface area contributed by atoms with Gasteiger partial charge in [0, 0.05) is 4.47 Å². The first kappa shape index (κ1) is 12.1. The molecule has 0 N–H and O–H groups in total. The molecule has 0 saturated heterocycles. The normalized spacial score (nSPS) is 9.94. The molecule has 0 aliphatic rings. The van der Waals surface area contributed by atoms with Crippen molar-refractivity contribution in [3.63, 3.8) is 0 Å². The Morgan fingerprint density at radius 2 is 1.35 bits per heavy atom. The van der Waals surface area contributed by atoms with E-state index >= 15 is 0 Å². The molecule has 2 nitrogen and oxygen atoms in total. The Bertz CT molecular complexity index is 636. The molecule has 0 saturated carbocycles. The minimum atomic E-state index is -2.26. The van der Waals surface area contributed by atoms with Crippen molar-refractivity contribution in [1.82, 2.24) is 0 Å². The fourth-order valence-electron chi connectivity index (χ4n) is 1.55. The van der Waals surface area contributed by atoms with E-state index in [2.05, 4.69) is 15.9 Å². The van der Waals surface area contributed by atoms with Crippen LogP contribution in [-0.4, -0.2) is 13.3 Å². The van der Waals surface area contributed by atoms with Gasteiger partial charge in [-0.25, -0.2) is 0 Å². The molecule has 0 bridgehead atoms. The molecule has 0 aromatic heterocycles. The van der Waals surface area contributed by atoms with Gasteiger partial charge in [0.1, 0.15) is 4.86 Å². The number of hydrogen-bond acceptors (Lipinski definition) is 2. The third-order valence-corrected chi connectivity index (χ3v) is 3.64. The lowest BCUT2D eigenvalue weighted by Crippen LogP contribution is -2.04. The maximum absolute atomic E-state index is 11.3. The topological polar surface area (TPSA) is 34.1 Å². The van der Waals surface area contributed by atoms with E-state index in [9.17, 15) is 8.42 Å². The van der Waals surface area contributed by atoms with Crippen molar-refractivity contribution in [2.45, 2.75) is 0 Å². The summed E-state index contributed by atoms with van der Waals surface area (Å²) in [6.45, 7) is 0. The van der Waals surface area contributed by atoms with Crippen LogP contribution in [0.15, 0.2) is 59.1 Å². The van der Waals surface area contributed by atoms with Gasteiger partial charge in [-0.3, -0.25) is 0 Å². The lowest BCUT2D eigenvalue weighted by molar-refractivity contribution is 0.627. The predicted octanol–water partition coefficient (Wildman–Crippen LogP) is 2.90. The van der Waals surface area contributed by atoms with Crippen molar-refractivity contribution in [1.29, 1.82) is 0 Å². The minimum Gasteiger partial charge on any atom is -0.184 e. The fourth-order valence-corrected chi connectivity index (χ4v) is 2.47. The van der Waals surface area contributed by atoms with Gasteiger partial charge in [0.2, 0.25) is 10.3 Å². The van der Waals surface area contributed by atoms with E-state index in [1.165, 1.54) is 0 Å². The third-order valence-electron chi connectivity index (χ3n) is 2.31. The molecule has 0 unspecified atom stereocenters. The van der Waals surface area contributed by atoms with Crippen LogP contribution < -0.4 is 0 Å². The van der Waals surface area contributed by atoms with Crippen molar-refractivity contribution in [2.24, 2.45) is 0 Å². The second-order valence-corrected chi connectivity index (χ2v) is 5.23. The molecule has 0 radical (unpaired) electrons. The summed E-state index contributed by atoms with van der Waals surface area (Å²) in [7, 11) is -2.26. The van der Waals surface area contributed by atoms with E-state index < -0.39 is 10.3 Å². The van der Waals surface area contributed by atoms with E-state index in [-0.39, 0.29) is 0 Å². The molecule has 0 spiro atoms. The highest BCUT2D eigenvalue weighted by atomic mass is 79.9. The molecular weight excluding hydrogens is 300 g/mol. The van der Waals surface area contributed by atoms with Crippen LogP contribution in [0.1, 0.15) is 11.1 Å². The maximum atomic E-state index is 11.3. The summed E-state index contributed by atoms with van der Waals surface area (Å²) in [4.78, 5) is 0.318. The first-order chi connectivity index (χ1) is 8.18. The molecule has 0 aliphatic carbocycles. The van der Waals surface area contributed by atoms with Gasteiger partial charge in [-0.2, -0.15) is 8.42 Å². The van der Waals surface area contributed by atoms with Crippen LogP contribution >= 0.6 is 15.9 Å². The Labute approximate surface area is 110 Å². The molecule has 2 aromatic rings. The van der Waals surface area contributed by atoms with Gasteiger partial charge in [-0.1, -0.05) is 58.4 Å². The second-order valence-electron chi connectivity index (χ2n) is 3.44. The van der Waals surface area contributed by atoms with Crippen LogP contribution in [0.5, 0.6) is 0 Å². The maximum Gasteiger partial charge on any atom is 0.222 e. The van der Waals surface area contributed by atoms with Crippen LogP contribution in [0, 0.1) is 0 Å². The van der Waals surface area contributed by atoms with Crippen LogP contribution in [0.3, 0.4) is 0 Å². The highest BCUT2D eigenvalue weighted by molar-refractivity contribution is 9.10. The first-order valence-electron chi connectivity index (χ1n) is 4.96. The Kier molecular flexibility index (Phi) is 3.76. The monoisotopic (exact) mass is 308 g/mol. The van der Waals surface area contributed by atoms with Crippen molar-refractivity contribution < 1.29 is 8.42 Å². The molecule has 0 heterocycles. The number of rotatable bonds is 2. The molecule has 17 heavy (non-hydrogen) atoms. The van der Waals surface area contributed by atoms with Crippen LogP contribution in [0.2, 0.25) is 0 Å². The summed E-state index contributed by atoms with van der Waals surface area (Å²) in [5, 5.41) is 0. The zero-order valence-corrected chi connectivity index (χ0v) is 11.2. The van der Waals surface area contributed by atoms with E-state index in [0.717, 1.165) is 4.47 Å². The minimum absolute atomic E-state index is 0.318. The molecule has 2 aromatic carbocycles. The third kappa shape index (κ3) is 2.84. The van der Waals surface area contributed by atoms with Crippen molar-refractivity contribution in [2.75, 3.05) is 0 Å². The van der Waals surface area contributed by atoms with Crippen molar-refractivity contribution in [3.05, 3.63) is 70.2 Å². The van der Waals surface area contributed by atoms with Gasteiger partial charge in [0.05, 0.1) is 0 Å². The van der Waals surface area contributed by atoms with Crippen LogP contribution in [0.25, 0.3) is 0 Å². The van der Waals surface area contributed by atoms with Crippen LogP contribution in [0.4, 0.5) is 0 Å². The lowest BCUT2D eigenvalue weighted by Gasteiger charge is -2.03. The quantitative estimate of drug-likeness (QED) is 0.631. The fraction of sp³-hybridized carbons (Fsp3) is 0. The summed E-state index contributed by atoms with van der Waals surface area (Å²) in [6.07, 6.45) is 0. The highest BCUT2D eigenvalue weighted by Crippen LogP contribution is 2.14. The van der Waals surface area contributed by atoms with Gasteiger partial charge in [-0.15, -0.1) is 0 Å². The Morgan fingerprint density at radius 3 is 1.88 bits per heavy atom. The SMILES string of the molecule is O=S(=O)=C(c1ccccc1)c1ccc(Br)cc1. The number of benzene rings is 2. The number of hydrogen-bond donors (Lipinski definition) is 0. The Hall–Kier alpha value is -1.39. The largest absolute Gasteiger partial charge is 0.222 e. The van der Waals surface area contributed by atoms with E-state index in [0.29, 0.717) is 16.0 Å². The molecule has 0 atom stereocenters. The smallest absolute Gasteiger partial charge is 0.184 e. The van der Waals surface area contributed by atoms with Gasteiger partial charge >= 0.3 is 0 Å². The predicted molar refractivity (Wildman–Crippen MR) is 72.7 cm³/mol. The van der Waals surface area contributed by atoms with Gasteiger partial charge in [0.15, 0.2) is 0 Å².